The summed E-state index contributed by atoms with van der Waals surface area (Å²) in [6.07, 6.45) is 4.01. The summed E-state index contributed by atoms with van der Waals surface area (Å²) in [5.74, 6) is 0.917. The normalized spacial score (nSPS) is 16.9. The third-order valence-electron chi connectivity index (χ3n) is 4.23. The van der Waals surface area contributed by atoms with Crippen molar-refractivity contribution in [1.82, 2.24) is 4.90 Å². The van der Waals surface area contributed by atoms with Gasteiger partial charge in [0.2, 0.25) is 0 Å². The van der Waals surface area contributed by atoms with E-state index in [0.29, 0.717) is 12.6 Å². The van der Waals surface area contributed by atoms with Gasteiger partial charge in [-0.05, 0) is 54.1 Å². The number of fused-ring (bicyclic) bond motifs is 1. The zero-order valence-corrected chi connectivity index (χ0v) is 13.0. The lowest BCUT2D eigenvalue weighted by atomic mass is 10.0. The molecule has 1 aliphatic carbocycles. The summed E-state index contributed by atoms with van der Waals surface area (Å²) in [6, 6.07) is 9.09. The quantitative estimate of drug-likeness (QED) is 0.833. The fourth-order valence-electron chi connectivity index (χ4n) is 3.02. The van der Waals surface area contributed by atoms with Gasteiger partial charge in [-0.25, -0.2) is 0 Å². The first-order valence-electron chi connectivity index (χ1n) is 7.73. The Balaban J connectivity index is 1.89. The van der Waals surface area contributed by atoms with Gasteiger partial charge < -0.3 is 5.73 Å². The van der Waals surface area contributed by atoms with Crippen molar-refractivity contribution in [3.63, 3.8) is 0 Å². The summed E-state index contributed by atoms with van der Waals surface area (Å²) in [6.45, 7) is 5.36. The van der Waals surface area contributed by atoms with Crippen molar-refractivity contribution < 1.29 is 0 Å². The minimum Gasteiger partial charge on any atom is -0.329 e. The van der Waals surface area contributed by atoms with Crippen LogP contribution in [0.3, 0.4) is 0 Å². The number of nitrogens with two attached hydrogens (primary N) is 1. The zero-order valence-electron chi connectivity index (χ0n) is 12.2. The Hall–Kier alpha value is -0.900. The van der Waals surface area contributed by atoms with Gasteiger partial charge in [0.25, 0.3) is 0 Å². The lowest BCUT2D eigenvalue weighted by molar-refractivity contribution is 0.194. The Bertz CT molecular complexity index is 559. The predicted molar refractivity (Wildman–Crippen MR) is 88.2 cm³/mol. The molecular formula is C17H24N2S. The summed E-state index contributed by atoms with van der Waals surface area (Å²) in [4.78, 5) is 2.62. The largest absolute Gasteiger partial charge is 0.329 e. The fourth-order valence-corrected chi connectivity index (χ4v) is 4.03. The Labute approximate surface area is 125 Å². The molecule has 1 atom stereocenters. The van der Waals surface area contributed by atoms with Crippen molar-refractivity contribution in [1.29, 1.82) is 0 Å². The summed E-state index contributed by atoms with van der Waals surface area (Å²) >= 11 is 1.85. The zero-order chi connectivity index (χ0) is 13.9. The van der Waals surface area contributed by atoms with Crippen molar-refractivity contribution in [2.75, 3.05) is 19.6 Å². The molecule has 1 aliphatic rings. The molecule has 0 bridgehead atoms. The lowest BCUT2D eigenvalue weighted by Gasteiger charge is -2.30. The van der Waals surface area contributed by atoms with E-state index in [0.717, 1.165) is 12.5 Å². The van der Waals surface area contributed by atoms with Crippen molar-refractivity contribution in [2.24, 2.45) is 11.7 Å². The molecule has 3 rings (SSSR count). The first kappa shape index (κ1) is 14.1. The maximum atomic E-state index is 6.15. The van der Waals surface area contributed by atoms with Gasteiger partial charge in [0.15, 0.2) is 0 Å². The van der Waals surface area contributed by atoms with Gasteiger partial charge in [0.05, 0.1) is 0 Å². The average molecular weight is 288 g/mol. The summed E-state index contributed by atoms with van der Waals surface area (Å²) in [7, 11) is 0. The number of hydrogen-bond donors (Lipinski definition) is 1. The van der Waals surface area contributed by atoms with Gasteiger partial charge >= 0.3 is 0 Å². The molecule has 1 heterocycles. The molecule has 1 saturated carbocycles. The average Bonchev–Trinajstić information content (AvgIpc) is 3.19. The first-order chi connectivity index (χ1) is 9.83. The summed E-state index contributed by atoms with van der Waals surface area (Å²) < 4.78 is 1.38. The van der Waals surface area contributed by atoms with Gasteiger partial charge in [0, 0.05) is 23.8 Å². The second-order valence-electron chi connectivity index (χ2n) is 5.88. The summed E-state index contributed by atoms with van der Waals surface area (Å²) in [5.41, 5.74) is 7.58. The van der Waals surface area contributed by atoms with Gasteiger partial charge in [-0.3, -0.25) is 4.90 Å². The maximum absolute atomic E-state index is 6.15. The first-order valence-corrected chi connectivity index (χ1v) is 8.61. The van der Waals surface area contributed by atoms with Crippen LogP contribution >= 0.6 is 11.3 Å². The van der Waals surface area contributed by atoms with Gasteiger partial charge in [-0.2, -0.15) is 0 Å². The van der Waals surface area contributed by atoms with Crippen LogP contribution in [0.25, 0.3) is 10.1 Å². The van der Waals surface area contributed by atoms with Crippen LogP contribution in [0, 0.1) is 5.92 Å². The summed E-state index contributed by atoms with van der Waals surface area (Å²) in [5, 5.41) is 3.71. The minimum atomic E-state index is 0.381. The Morgan fingerprint density at radius 2 is 2.15 bits per heavy atom. The second-order valence-corrected chi connectivity index (χ2v) is 6.79. The smallest absolute Gasteiger partial charge is 0.0484 e. The molecule has 2 aromatic rings. The third-order valence-corrected chi connectivity index (χ3v) is 5.22. The van der Waals surface area contributed by atoms with Crippen LogP contribution in [0.1, 0.15) is 37.8 Å². The molecule has 0 spiro atoms. The Kier molecular flexibility index (Phi) is 4.39. The third kappa shape index (κ3) is 2.90. The molecule has 0 radical (unpaired) electrons. The highest BCUT2D eigenvalue weighted by atomic mass is 32.1. The van der Waals surface area contributed by atoms with E-state index in [1.807, 2.05) is 11.3 Å². The second kappa shape index (κ2) is 6.25. The van der Waals surface area contributed by atoms with Crippen molar-refractivity contribution in [3.05, 3.63) is 35.2 Å². The van der Waals surface area contributed by atoms with Crippen LogP contribution in [0.15, 0.2) is 29.6 Å². The van der Waals surface area contributed by atoms with Gasteiger partial charge in [-0.15, -0.1) is 11.3 Å². The monoisotopic (exact) mass is 288 g/mol. The van der Waals surface area contributed by atoms with Crippen LogP contribution in [-0.4, -0.2) is 24.5 Å². The van der Waals surface area contributed by atoms with Crippen molar-refractivity contribution in [2.45, 2.75) is 32.2 Å². The number of benzene rings is 1. The van der Waals surface area contributed by atoms with E-state index < -0.39 is 0 Å². The van der Waals surface area contributed by atoms with E-state index in [4.69, 9.17) is 5.73 Å². The maximum Gasteiger partial charge on any atom is 0.0484 e. The lowest BCUT2D eigenvalue weighted by Crippen LogP contribution is -2.35. The van der Waals surface area contributed by atoms with E-state index in [1.54, 1.807) is 0 Å². The van der Waals surface area contributed by atoms with E-state index >= 15 is 0 Å². The minimum absolute atomic E-state index is 0.381. The predicted octanol–water partition coefficient (Wildman–Crippen LogP) is 4.02. The number of hydrogen-bond acceptors (Lipinski definition) is 3. The molecule has 1 unspecified atom stereocenters. The molecule has 108 valence electrons. The van der Waals surface area contributed by atoms with Crippen molar-refractivity contribution in [3.8, 4) is 0 Å². The Morgan fingerprint density at radius 1 is 1.35 bits per heavy atom. The molecule has 1 aromatic carbocycles. The van der Waals surface area contributed by atoms with Crippen LogP contribution in [-0.2, 0) is 0 Å². The van der Waals surface area contributed by atoms with Crippen LogP contribution in [0.2, 0.25) is 0 Å². The van der Waals surface area contributed by atoms with Crippen LogP contribution < -0.4 is 5.73 Å². The van der Waals surface area contributed by atoms with Crippen LogP contribution in [0.4, 0.5) is 0 Å². The molecule has 2 N–H and O–H groups in total. The highest BCUT2D eigenvalue weighted by Crippen LogP contribution is 2.36. The molecule has 0 saturated heterocycles. The molecule has 3 heteroatoms. The highest BCUT2D eigenvalue weighted by molar-refractivity contribution is 7.17. The van der Waals surface area contributed by atoms with Crippen molar-refractivity contribution >= 4 is 21.4 Å². The molecule has 0 amide bonds. The standard InChI is InChI=1S/C17H24N2S/c1-2-9-19(11-13-7-8-13)16(10-18)15-12-20-17-6-4-3-5-14(15)17/h3-6,12-13,16H,2,7-11,18H2,1H3. The van der Waals surface area contributed by atoms with E-state index in [9.17, 15) is 0 Å². The fraction of sp³-hybridized carbons (Fsp3) is 0.529. The molecule has 2 nitrogen and oxygen atoms in total. The number of thiophene rings is 1. The van der Waals surface area contributed by atoms with E-state index in [1.165, 1.54) is 41.5 Å². The highest BCUT2D eigenvalue weighted by Gasteiger charge is 2.28. The molecule has 0 aliphatic heterocycles. The van der Waals surface area contributed by atoms with Gasteiger partial charge in [-0.1, -0.05) is 25.1 Å². The Morgan fingerprint density at radius 3 is 2.85 bits per heavy atom. The topological polar surface area (TPSA) is 29.3 Å². The number of rotatable bonds is 7. The van der Waals surface area contributed by atoms with Crippen LogP contribution in [0.5, 0.6) is 0 Å². The van der Waals surface area contributed by atoms with E-state index in [2.05, 4.69) is 41.5 Å². The number of nitrogens with zero attached hydrogens (tertiary/aromatic N) is 1. The van der Waals surface area contributed by atoms with E-state index in [-0.39, 0.29) is 0 Å². The van der Waals surface area contributed by atoms with Gasteiger partial charge in [0.1, 0.15) is 0 Å². The molecule has 1 fully saturated rings. The SMILES string of the molecule is CCCN(CC1CC1)C(CN)c1csc2ccccc12. The molecule has 1 aromatic heterocycles. The molecule has 20 heavy (non-hydrogen) atoms. The molecular weight excluding hydrogens is 264 g/mol.